The first-order chi connectivity index (χ1) is 13.8. The van der Waals surface area contributed by atoms with Crippen LogP contribution in [0.4, 0.5) is 18.9 Å². The highest BCUT2D eigenvalue weighted by molar-refractivity contribution is 6.06. The first kappa shape index (κ1) is 20.2. The van der Waals surface area contributed by atoms with Gasteiger partial charge in [0.25, 0.3) is 5.91 Å². The van der Waals surface area contributed by atoms with E-state index in [4.69, 9.17) is 9.47 Å². The van der Waals surface area contributed by atoms with E-state index in [1.165, 1.54) is 37.4 Å². The smallest absolute Gasteiger partial charge is 0.416 e. The van der Waals surface area contributed by atoms with Crippen molar-refractivity contribution in [3.05, 3.63) is 71.5 Å². The number of rotatable bonds is 6. The SMILES string of the molecule is COc1cccc(C(=O)Nc2cnn(Cc3cccc(C(F)(F)F)c3)c2)c1OC. The van der Waals surface area contributed by atoms with Crippen molar-refractivity contribution in [2.24, 2.45) is 0 Å². The lowest BCUT2D eigenvalue weighted by Crippen LogP contribution is -2.13. The molecule has 6 nitrogen and oxygen atoms in total. The molecule has 0 spiro atoms. The Morgan fingerprint density at radius 1 is 1.14 bits per heavy atom. The fourth-order valence-electron chi connectivity index (χ4n) is 2.81. The number of nitrogens with one attached hydrogen (secondary N) is 1. The summed E-state index contributed by atoms with van der Waals surface area (Å²) in [7, 11) is 2.90. The molecule has 0 fully saturated rings. The summed E-state index contributed by atoms with van der Waals surface area (Å²) in [6, 6.07) is 9.93. The Kier molecular flexibility index (Phi) is 5.76. The van der Waals surface area contributed by atoms with Gasteiger partial charge in [-0.2, -0.15) is 18.3 Å². The van der Waals surface area contributed by atoms with Gasteiger partial charge in [-0.15, -0.1) is 0 Å². The third-order valence-corrected chi connectivity index (χ3v) is 4.14. The summed E-state index contributed by atoms with van der Waals surface area (Å²) in [5.74, 6) is 0.281. The van der Waals surface area contributed by atoms with Crippen molar-refractivity contribution in [3.63, 3.8) is 0 Å². The minimum absolute atomic E-state index is 0.127. The van der Waals surface area contributed by atoms with Gasteiger partial charge in [-0.3, -0.25) is 9.48 Å². The number of anilines is 1. The lowest BCUT2D eigenvalue weighted by Gasteiger charge is -2.11. The average Bonchev–Trinajstić information content (AvgIpc) is 3.13. The minimum atomic E-state index is -4.41. The molecule has 0 aliphatic heterocycles. The molecule has 0 bridgehead atoms. The second-order valence-electron chi connectivity index (χ2n) is 6.12. The van der Waals surface area contributed by atoms with Crippen molar-refractivity contribution in [3.8, 4) is 11.5 Å². The van der Waals surface area contributed by atoms with E-state index in [9.17, 15) is 18.0 Å². The van der Waals surface area contributed by atoms with E-state index >= 15 is 0 Å². The molecule has 1 heterocycles. The van der Waals surface area contributed by atoms with Gasteiger partial charge in [-0.05, 0) is 29.8 Å². The summed E-state index contributed by atoms with van der Waals surface area (Å²) in [5.41, 5.74) is 0.389. The van der Waals surface area contributed by atoms with Crippen molar-refractivity contribution in [1.29, 1.82) is 0 Å². The number of carbonyl (C=O) groups excluding carboxylic acids is 1. The van der Waals surface area contributed by atoms with Gasteiger partial charge in [0, 0.05) is 6.20 Å². The normalized spacial score (nSPS) is 11.2. The van der Waals surface area contributed by atoms with Crippen LogP contribution in [-0.2, 0) is 12.7 Å². The molecule has 0 atom stereocenters. The Hall–Kier alpha value is -3.49. The molecule has 9 heteroatoms. The molecule has 29 heavy (non-hydrogen) atoms. The van der Waals surface area contributed by atoms with E-state index in [-0.39, 0.29) is 12.1 Å². The number of hydrogen-bond acceptors (Lipinski definition) is 4. The molecule has 1 amide bonds. The molecule has 0 aliphatic carbocycles. The van der Waals surface area contributed by atoms with Crippen molar-refractivity contribution in [1.82, 2.24) is 9.78 Å². The molecule has 0 aliphatic rings. The number of hydrogen-bond donors (Lipinski definition) is 1. The van der Waals surface area contributed by atoms with Gasteiger partial charge < -0.3 is 14.8 Å². The van der Waals surface area contributed by atoms with Gasteiger partial charge in [0.15, 0.2) is 11.5 Å². The zero-order chi connectivity index (χ0) is 21.0. The predicted molar refractivity (Wildman–Crippen MR) is 100 cm³/mol. The maximum absolute atomic E-state index is 12.8. The van der Waals surface area contributed by atoms with Crippen LogP contribution in [0.15, 0.2) is 54.9 Å². The highest BCUT2D eigenvalue weighted by Crippen LogP contribution is 2.31. The van der Waals surface area contributed by atoms with Crippen LogP contribution in [0.2, 0.25) is 0 Å². The maximum Gasteiger partial charge on any atom is 0.416 e. The molecule has 2 aromatic carbocycles. The van der Waals surface area contributed by atoms with E-state index in [1.54, 1.807) is 24.3 Å². The van der Waals surface area contributed by atoms with Crippen LogP contribution < -0.4 is 14.8 Å². The number of benzene rings is 2. The van der Waals surface area contributed by atoms with Gasteiger partial charge in [-0.1, -0.05) is 18.2 Å². The number of ether oxygens (including phenoxy) is 2. The van der Waals surface area contributed by atoms with Crippen LogP contribution in [0.1, 0.15) is 21.5 Å². The number of para-hydroxylation sites is 1. The van der Waals surface area contributed by atoms with Crippen molar-refractivity contribution >= 4 is 11.6 Å². The van der Waals surface area contributed by atoms with Crippen LogP contribution in [0, 0.1) is 0 Å². The quantitative estimate of drug-likeness (QED) is 0.667. The monoisotopic (exact) mass is 405 g/mol. The Morgan fingerprint density at radius 3 is 2.59 bits per heavy atom. The van der Waals surface area contributed by atoms with Gasteiger partial charge in [0.1, 0.15) is 0 Å². The highest BCUT2D eigenvalue weighted by atomic mass is 19.4. The van der Waals surface area contributed by atoms with Crippen LogP contribution >= 0.6 is 0 Å². The number of nitrogens with zero attached hydrogens (tertiary/aromatic N) is 2. The Bertz CT molecular complexity index is 1020. The van der Waals surface area contributed by atoms with Crippen molar-refractivity contribution in [2.45, 2.75) is 12.7 Å². The van der Waals surface area contributed by atoms with E-state index in [0.717, 1.165) is 12.1 Å². The van der Waals surface area contributed by atoms with Crippen molar-refractivity contribution in [2.75, 3.05) is 19.5 Å². The standard InChI is InChI=1S/C20H18F3N3O3/c1-28-17-8-4-7-16(18(17)29-2)19(27)25-15-10-24-26(12-15)11-13-5-3-6-14(9-13)20(21,22)23/h3-10,12H,11H2,1-2H3,(H,25,27). The first-order valence-corrected chi connectivity index (χ1v) is 8.52. The van der Waals surface area contributed by atoms with Gasteiger partial charge in [0.2, 0.25) is 0 Å². The Morgan fingerprint density at radius 2 is 1.90 bits per heavy atom. The first-order valence-electron chi connectivity index (χ1n) is 8.52. The molecule has 1 aromatic heterocycles. The second kappa shape index (κ2) is 8.26. The molecule has 0 saturated heterocycles. The maximum atomic E-state index is 12.8. The molecule has 3 aromatic rings. The molecular formula is C20H18F3N3O3. The number of aromatic nitrogens is 2. The zero-order valence-corrected chi connectivity index (χ0v) is 15.7. The number of alkyl halides is 3. The molecule has 152 valence electrons. The number of carbonyl (C=O) groups is 1. The van der Waals surface area contributed by atoms with Crippen LogP contribution in [0.3, 0.4) is 0 Å². The molecule has 0 unspecified atom stereocenters. The van der Waals surface area contributed by atoms with E-state index < -0.39 is 17.6 Å². The van der Waals surface area contributed by atoms with E-state index in [1.807, 2.05) is 0 Å². The molecule has 1 N–H and O–H groups in total. The number of amides is 1. The van der Waals surface area contributed by atoms with E-state index in [2.05, 4.69) is 10.4 Å². The summed E-state index contributed by atoms with van der Waals surface area (Å²) in [6.07, 6.45) is -1.46. The fourth-order valence-corrected chi connectivity index (χ4v) is 2.81. The van der Waals surface area contributed by atoms with Gasteiger partial charge in [0.05, 0.1) is 43.8 Å². The third kappa shape index (κ3) is 4.68. The molecule has 0 saturated carbocycles. The molecule has 3 rings (SSSR count). The number of methoxy groups -OCH3 is 2. The average molecular weight is 405 g/mol. The summed E-state index contributed by atoms with van der Waals surface area (Å²) < 4.78 is 50.4. The minimum Gasteiger partial charge on any atom is -0.493 e. The van der Waals surface area contributed by atoms with Crippen LogP contribution in [0.25, 0.3) is 0 Å². The molecular weight excluding hydrogens is 387 g/mol. The van der Waals surface area contributed by atoms with Crippen LogP contribution in [0.5, 0.6) is 11.5 Å². The highest BCUT2D eigenvalue weighted by Gasteiger charge is 2.30. The molecule has 0 radical (unpaired) electrons. The summed E-state index contributed by atoms with van der Waals surface area (Å²) in [4.78, 5) is 12.6. The summed E-state index contributed by atoms with van der Waals surface area (Å²) >= 11 is 0. The van der Waals surface area contributed by atoms with Gasteiger partial charge in [-0.25, -0.2) is 0 Å². The Balaban J connectivity index is 1.74. The third-order valence-electron chi connectivity index (χ3n) is 4.14. The van der Waals surface area contributed by atoms with E-state index in [0.29, 0.717) is 22.7 Å². The summed E-state index contributed by atoms with van der Waals surface area (Å²) in [6.45, 7) is 0.127. The predicted octanol–water partition coefficient (Wildman–Crippen LogP) is 4.22. The van der Waals surface area contributed by atoms with Crippen molar-refractivity contribution < 1.29 is 27.4 Å². The zero-order valence-electron chi connectivity index (χ0n) is 15.7. The second-order valence-corrected chi connectivity index (χ2v) is 6.12. The van der Waals surface area contributed by atoms with Gasteiger partial charge >= 0.3 is 6.18 Å². The number of halogens is 3. The summed E-state index contributed by atoms with van der Waals surface area (Å²) in [5, 5.41) is 6.78. The fraction of sp³-hybridized carbons (Fsp3) is 0.200. The van der Waals surface area contributed by atoms with Crippen LogP contribution in [-0.4, -0.2) is 29.9 Å². The lowest BCUT2D eigenvalue weighted by molar-refractivity contribution is -0.137. The topological polar surface area (TPSA) is 65.4 Å². The Labute approximate surface area is 164 Å². The largest absolute Gasteiger partial charge is 0.493 e. The lowest BCUT2D eigenvalue weighted by atomic mass is 10.1.